The Morgan fingerprint density at radius 1 is 1.38 bits per heavy atom. The molecule has 0 spiro atoms. The van der Waals surface area contributed by atoms with Crippen LogP contribution in [0.15, 0.2) is 4.99 Å². The van der Waals surface area contributed by atoms with E-state index < -0.39 is 0 Å². The van der Waals surface area contributed by atoms with Gasteiger partial charge in [-0.15, -0.1) is 0 Å². The molecule has 2 aliphatic carbocycles. The highest BCUT2D eigenvalue weighted by atomic mass is 16.1. The van der Waals surface area contributed by atoms with Crippen molar-refractivity contribution in [2.45, 2.75) is 46.1 Å². The highest BCUT2D eigenvalue weighted by Gasteiger charge is 2.61. The minimum absolute atomic E-state index is 0.235. The van der Waals surface area contributed by atoms with Gasteiger partial charge in [0, 0.05) is 0 Å². The Morgan fingerprint density at radius 3 is 2.46 bits per heavy atom. The second-order valence-electron chi connectivity index (χ2n) is 5.35. The molecule has 13 heavy (non-hydrogen) atoms. The summed E-state index contributed by atoms with van der Waals surface area (Å²) in [6, 6.07) is 0.235. The van der Waals surface area contributed by atoms with Gasteiger partial charge in [-0.25, -0.2) is 9.79 Å². The van der Waals surface area contributed by atoms with Crippen LogP contribution in [0.4, 0.5) is 0 Å². The average Bonchev–Trinajstić information content (AvgIpc) is 2.37. The van der Waals surface area contributed by atoms with Crippen LogP contribution in [0, 0.1) is 16.7 Å². The van der Waals surface area contributed by atoms with Crippen molar-refractivity contribution in [3.05, 3.63) is 0 Å². The van der Waals surface area contributed by atoms with Gasteiger partial charge in [0.25, 0.3) is 0 Å². The summed E-state index contributed by atoms with van der Waals surface area (Å²) in [5.41, 5.74) is 0.604. The quantitative estimate of drug-likeness (QED) is 0.449. The van der Waals surface area contributed by atoms with Gasteiger partial charge in [0.2, 0.25) is 6.08 Å². The van der Waals surface area contributed by atoms with E-state index in [1.807, 2.05) is 0 Å². The average molecular weight is 179 g/mol. The van der Waals surface area contributed by atoms with E-state index in [4.69, 9.17) is 0 Å². The normalized spacial score (nSPS) is 46.1. The fourth-order valence-corrected chi connectivity index (χ4v) is 3.42. The van der Waals surface area contributed by atoms with E-state index in [1.165, 1.54) is 12.8 Å². The van der Waals surface area contributed by atoms with Crippen molar-refractivity contribution < 1.29 is 4.79 Å². The molecule has 3 atom stereocenters. The number of aliphatic imine (C=N–C) groups is 1. The van der Waals surface area contributed by atoms with Gasteiger partial charge < -0.3 is 0 Å². The number of carbonyl (C=O) groups excluding carboxylic acids is 1. The summed E-state index contributed by atoms with van der Waals surface area (Å²) in [4.78, 5) is 14.3. The van der Waals surface area contributed by atoms with Crippen molar-refractivity contribution in [2.75, 3.05) is 0 Å². The minimum Gasteiger partial charge on any atom is -0.211 e. The highest BCUT2D eigenvalue weighted by Crippen LogP contribution is 2.66. The van der Waals surface area contributed by atoms with Crippen molar-refractivity contribution in [1.29, 1.82) is 0 Å². The molecule has 0 saturated heterocycles. The molecule has 0 N–H and O–H groups in total. The molecular formula is C11H17NO. The van der Waals surface area contributed by atoms with Gasteiger partial charge in [-0.3, -0.25) is 0 Å². The Bertz CT molecular complexity index is 278. The lowest BCUT2D eigenvalue weighted by Crippen LogP contribution is -2.34. The highest BCUT2D eigenvalue weighted by molar-refractivity contribution is 5.35. The van der Waals surface area contributed by atoms with Gasteiger partial charge in [0.15, 0.2) is 0 Å². The first-order valence-corrected chi connectivity index (χ1v) is 5.09. The molecule has 2 aliphatic rings. The predicted molar refractivity (Wildman–Crippen MR) is 51.1 cm³/mol. The van der Waals surface area contributed by atoms with Crippen LogP contribution in [0.1, 0.15) is 40.0 Å². The minimum atomic E-state index is 0.235. The molecule has 0 aromatic heterocycles. The van der Waals surface area contributed by atoms with Crippen LogP contribution in [-0.2, 0) is 4.79 Å². The second kappa shape index (κ2) is 2.45. The Hall–Kier alpha value is -0.620. The Labute approximate surface area is 79.4 Å². The van der Waals surface area contributed by atoms with Crippen molar-refractivity contribution in [1.82, 2.24) is 0 Å². The van der Waals surface area contributed by atoms with Crippen molar-refractivity contribution >= 4 is 6.08 Å². The molecule has 0 amide bonds. The number of fused-ring (bicyclic) bond motifs is 2. The van der Waals surface area contributed by atoms with Crippen LogP contribution >= 0.6 is 0 Å². The van der Waals surface area contributed by atoms with E-state index in [2.05, 4.69) is 25.8 Å². The molecule has 2 nitrogen and oxygen atoms in total. The van der Waals surface area contributed by atoms with Crippen LogP contribution < -0.4 is 0 Å². The molecule has 2 rings (SSSR count). The lowest BCUT2D eigenvalue weighted by atomic mass is 9.69. The van der Waals surface area contributed by atoms with Crippen LogP contribution in [0.5, 0.6) is 0 Å². The van der Waals surface area contributed by atoms with Gasteiger partial charge in [-0.1, -0.05) is 20.8 Å². The summed E-state index contributed by atoms with van der Waals surface area (Å²) < 4.78 is 0. The van der Waals surface area contributed by atoms with E-state index >= 15 is 0 Å². The summed E-state index contributed by atoms with van der Waals surface area (Å²) in [7, 11) is 0. The van der Waals surface area contributed by atoms with Crippen LogP contribution in [0.3, 0.4) is 0 Å². The summed E-state index contributed by atoms with van der Waals surface area (Å²) in [5.74, 6) is 0.764. The van der Waals surface area contributed by atoms with Crippen LogP contribution in [0.2, 0.25) is 0 Å². The molecule has 2 fully saturated rings. The summed E-state index contributed by atoms with van der Waals surface area (Å²) in [5, 5.41) is 0. The van der Waals surface area contributed by atoms with E-state index in [0.29, 0.717) is 5.41 Å². The summed E-state index contributed by atoms with van der Waals surface area (Å²) >= 11 is 0. The van der Waals surface area contributed by atoms with Gasteiger partial charge in [-0.2, -0.15) is 0 Å². The van der Waals surface area contributed by atoms with Crippen molar-refractivity contribution in [2.24, 2.45) is 21.7 Å². The van der Waals surface area contributed by atoms with E-state index in [0.717, 1.165) is 12.3 Å². The molecule has 72 valence electrons. The SMILES string of the molecule is CC1(C)[C@H]2CC[C@@]1(C)[C@@H](N=C=O)C2. The van der Waals surface area contributed by atoms with E-state index in [-0.39, 0.29) is 11.5 Å². The molecule has 0 aromatic carbocycles. The molecule has 2 saturated carbocycles. The number of hydrogen-bond acceptors (Lipinski definition) is 2. The number of rotatable bonds is 1. The van der Waals surface area contributed by atoms with Crippen molar-refractivity contribution in [3.63, 3.8) is 0 Å². The molecule has 0 radical (unpaired) electrons. The standard InChI is InChI=1S/C11H17NO/c1-10(2)8-4-5-11(10,3)9(6-8)12-7-13/h8-9H,4-6H2,1-3H3/t8-,9-,11-/m0/s1. The number of hydrogen-bond donors (Lipinski definition) is 0. The molecule has 0 aromatic rings. The maximum absolute atomic E-state index is 10.3. The Balaban J connectivity index is 2.38. The van der Waals surface area contributed by atoms with E-state index in [1.54, 1.807) is 6.08 Å². The molecule has 0 aliphatic heterocycles. The zero-order valence-corrected chi connectivity index (χ0v) is 8.63. The van der Waals surface area contributed by atoms with Crippen molar-refractivity contribution in [3.8, 4) is 0 Å². The molecule has 0 heterocycles. The lowest BCUT2D eigenvalue weighted by Gasteiger charge is -2.36. The molecular weight excluding hydrogens is 162 g/mol. The lowest BCUT2D eigenvalue weighted by molar-refractivity contribution is 0.137. The molecule has 0 unspecified atom stereocenters. The monoisotopic (exact) mass is 179 g/mol. The second-order valence-corrected chi connectivity index (χ2v) is 5.35. The Kier molecular flexibility index (Phi) is 1.69. The summed E-state index contributed by atoms with van der Waals surface area (Å²) in [6.45, 7) is 6.93. The van der Waals surface area contributed by atoms with Gasteiger partial charge >= 0.3 is 0 Å². The third-order valence-electron chi connectivity index (χ3n) is 4.96. The van der Waals surface area contributed by atoms with Gasteiger partial charge in [-0.05, 0) is 36.0 Å². The maximum Gasteiger partial charge on any atom is 0.235 e. The fraction of sp³-hybridized carbons (Fsp3) is 0.909. The molecule has 2 bridgehead atoms. The van der Waals surface area contributed by atoms with Gasteiger partial charge in [0.1, 0.15) is 0 Å². The Morgan fingerprint density at radius 2 is 2.08 bits per heavy atom. The first-order valence-electron chi connectivity index (χ1n) is 5.09. The largest absolute Gasteiger partial charge is 0.235 e. The smallest absolute Gasteiger partial charge is 0.211 e. The first kappa shape index (κ1) is 8.96. The zero-order chi connectivity index (χ0) is 9.69. The third kappa shape index (κ3) is 0.899. The van der Waals surface area contributed by atoms with E-state index in [9.17, 15) is 4.79 Å². The predicted octanol–water partition coefficient (Wildman–Crippen LogP) is 2.54. The summed E-state index contributed by atoms with van der Waals surface area (Å²) in [6.07, 6.45) is 5.37. The molecule has 2 heteroatoms. The third-order valence-corrected chi connectivity index (χ3v) is 4.96. The number of nitrogens with zero attached hydrogens (tertiary/aromatic N) is 1. The zero-order valence-electron chi connectivity index (χ0n) is 8.63. The van der Waals surface area contributed by atoms with Crippen LogP contribution in [0.25, 0.3) is 0 Å². The fourth-order valence-electron chi connectivity index (χ4n) is 3.42. The topological polar surface area (TPSA) is 29.4 Å². The van der Waals surface area contributed by atoms with Gasteiger partial charge in [0.05, 0.1) is 6.04 Å². The first-order chi connectivity index (χ1) is 6.02. The maximum atomic E-state index is 10.3. The van der Waals surface area contributed by atoms with Crippen LogP contribution in [-0.4, -0.2) is 12.1 Å². The number of isocyanates is 1.